The third-order valence-electron chi connectivity index (χ3n) is 2.43. The summed E-state index contributed by atoms with van der Waals surface area (Å²) in [6.45, 7) is 1.10. The molecule has 0 aliphatic heterocycles. The van der Waals surface area contributed by atoms with Crippen molar-refractivity contribution >= 4 is 17.7 Å². The second-order valence-electron chi connectivity index (χ2n) is 4.09. The van der Waals surface area contributed by atoms with Crippen LogP contribution in [0.15, 0.2) is 24.3 Å². The third kappa shape index (κ3) is 8.01. The van der Waals surface area contributed by atoms with E-state index in [0.29, 0.717) is 12.3 Å². The van der Waals surface area contributed by atoms with Crippen LogP contribution >= 0.6 is 11.8 Å². The molecule has 0 spiro atoms. The number of nitrogens with one attached hydrogen (secondary N) is 1. The van der Waals surface area contributed by atoms with Crippen LogP contribution in [0, 0.1) is 5.82 Å². The number of thioether (sulfide) groups is 1. The molecule has 0 heterocycles. The molecule has 112 valence electrons. The van der Waals surface area contributed by atoms with Gasteiger partial charge in [-0.05, 0) is 36.4 Å². The summed E-state index contributed by atoms with van der Waals surface area (Å²) in [5, 5.41) is 11.4. The van der Waals surface area contributed by atoms with E-state index in [1.54, 1.807) is 11.8 Å². The van der Waals surface area contributed by atoms with Gasteiger partial charge in [0.2, 0.25) is 5.91 Å². The highest BCUT2D eigenvalue weighted by Gasteiger charge is 2.01. The summed E-state index contributed by atoms with van der Waals surface area (Å²) >= 11 is 1.70. The largest absolute Gasteiger partial charge is 0.493 e. The SMILES string of the molecule is O=C(CCOc1ccc(F)cc1)NCCSCCCO. The van der Waals surface area contributed by atoms with Crippen LogP contribution in [0.5, 0.6) is 5.75 Å². The number of amides is 1. The summed E-state index contributed by atoms with van der Waals surface area (Å²) in [7, 11) is 0. The van der Waals surface area contributed by atoms with E-state index in [1.807, 2.05) is 0 Å². The number of carbonyl (C=O) groups is 1. The zero-order chi connectivity index (χ0) is 14.6. The summed E-state index contributed by atoms with van der Waals surface area (Å²) in [4.78, 5) is 11.5. The highest BCUT2D eigenvalue weighted by Crippen LogP contribution is 2.11. The Morgan fingerprint density at radius 3 is 2.75 bits per heavy atom. The molecule has 2 N–H and O–H groups in total. The topological polar surface area (TPSA) is 58.6 Å². The predicted octanol–water partition coefficient (Wildman–Crippen LogP) is 1.83. The van der Waals surface area contributed by atoms with Crippen molar-refractivity contribution in [3.05, 3.63) is 30.1 Å². The standard InChI is InChI=1S/C14H20FNO3S/c15-12-2-4-13(5-3-12)19-9-6-14(18)16-7-11-20-10-1-8-17/h2-5,17H,1,6-11H2,(H,16,18). The number of rotatable bonds is 10. The minimum absolute atomic E-state index is 0.0603. The van der Waals surface area contributed by atoms with Crippen molar-refractivity contribution in [2.75, 3.05) is 31.3 Å². The fourth-order valence-corrected chi connectivity index (χ4v) is 2.20. The molecular formula is C14H20FNO3S. The van der Waals surface area contributed by atoms with Crippen LogP contribution in [0.2, 0.25) is 0 Å². The molecule has 0 unspecified atom stereocenters. The fraction of sp³-hybridized carbons (Fsp3) is 0.500. The quantitative estimate of drug-likeness (QED) is 0.647. The summed E-state index contributed by atoms with van der Waals surface area (Å²) in [5.41, 5.74) is 0. The van der Waals surface area contributed by atoms with Gasteiger partial charge in [0.25, 0.3) is 0 Å². The molecule has 0 fully saturated rings. The van der Waals surface area contributed by atoms with Crippen LogP contribution in [-0.4, -0.2) is 42.3 Å². The van der Waals surface area contributed by atoms with Crippen molar-refractivity contribution in [3.8, 4) is 5.75 Å². The van der Waals surface area contributed by atoms with E-state index in [2.05, 4.69) is 5.32 Å². The molecule has 0 aromatic heterocycles. The van der Waals surface area contributed by atoms with Gasteiger partial charge in [-0.2, -0.15) is 11.8 Å². The molecule has 0 bridgehead atoms. The summed E-state index contributed by atoms with van der Waals surface area (Å²) < 4.78 is 18.0. The lowest BCUT2D eigenvalue weighted by molar-refractivity contribution is -0.121. The van der Waals surface area contributed by atoms with Crippen LogP contribution < -0.4 is 10.1 Å². The molecule has 0 aliphatic carbocycles. The molecule has 1 aromatic rings. The first-order chi connectivity index (χ1) is 9.72. The minimum atomic E-state index is -0.311. The molecule has 0 saturated carbocycles. The van der Waals surface area contributed by atoms with Gasteiger partial charge in [0.05, 0.1) is 13.0 Å². The lowest BCUT2D eigenvalue weighted by Gasteiger charge is -2.07. The molecule has 6 heteroatoms. The number of halogens is 1. The van der Waals surface area contributed by atoms with Gasteiger partial charge in [-0.1, -0.05) is 0 Å². The van der Waals surface area contributed by atoms with E-state index in [1.165, 1.54) is 24.3 Å². The third-order valence-corrected chi connectivity index (χ3v) is 3.50. The Hall–Kier alpha value is -1.27. The molecule has 0 aliphatic rings. The maximum atomic E-state index is 12.7. The van der Waals surface area contributed by atoms with Gasteiger partial charge >= 0.3 is 0 Å². The molecule has 20 heavy (non-hydrogen) atoms. The molecule has 0 atom stereocenters. The van der Waals surface area contributed by atoms with Crippen molar-refractivity contribution in [2.45, 2.75) is 12.8 Å². The average molecular weight is 301 g/mol. The van der Waals surface area contributed by atoms with E-state index in [-0.39, 0.29) is 31.4 Å². The monoisotopic (exact) mass is 301 g/mol. The summed E-state index contributed by atoms with van der Waals surface area (Å²) in [6.07, 6.45) is 1.06. The van der Waals surface area contributed by atoms with Crippen LogP contribution in [0.4, 0.5) is 4.39 Å². The number of hydrogen-bond acceptors (Lipinski definition) is 4. The number of aliphatic hydroxyl groups is 1. The second-order valence-corrected chi connectivity index (χ2v) is 5.32. The van der Waals surface area contributed by atoms with Crippen molar-refractivity contribution in [1.82, 2.24) is 5.32 Å². The fourth-order valence-electron chi connectivity index (χ4n) is 1.41. The lowest BCUT2D eigenvalue weighted by Crippen LogP contribution is -2.27. The van der Waals surface area contributed by atoms with E-state index in [0.717, 1.165) is 17.9 Å². The smallest absolute Gasteiger partial charge is 0.223 e. The molecule has 1 amide bonds. The molecule has 1 rings (SSSR count). The van der Waals surface area contributed by atoms with Gasteiger partial charge in [0.1, 0.15) is 11.6 Å². The van der Waals surface area contributed by atoms with Gasteiger partial charge in [-0.25, -0.2) is 4.39 Å². The first kappa shape index (κ1) is 16.8. The maximum Gasteiger partial charge on any atom is 0.223 e. The molecule has 0 saturated heterocycles. The van der Waals surface area contributed by atoms with E-state index in [9.17, 15) is 9.18 Å². The Labute approximate surface area is 122 Å². The van der Waals surface area contributed by atoms with Crippen LogP contribution in [-0.2, 0) is 4.79 Å². The van der Waals surface area contributed by atoms with Crippen LogP contribution in [0.25, 0.3) is 0 Å². The van der Waals surface area contributed by atoms with E-state index in [4.69, 9.17) is 9.84 Å². The maximum absolute atomic E-state index is 12.7. The van der Waals surface area contributed by atoms with Crippen molar-refractivity contribution < 1.29 is 19.0 Å². The minimum Gasteiger partial charge on any atom is -0.493 e. The summed E-state index contributed by atoms with van der Waals surface area (Å²) in [6, 6.07) is 5.70. The Morgan fingerprint density at radius 1 is 1.30 bits per heavy atom. The van der Waals surface area contributed by atoms with Gasteiger partial charge < -0.3 is 15.2 Å². The van der Waals surface area contributed by atoms with Crippen molar-refractivity contribution in [3.63, 3.8) is 0 Å². The molecular weight excluding hydrogens is 281 g/mol. The van der Waals surface area contributed by atoms with E-state index >= 15 is 0 Å². The van der Waals surface area contributed by atoms with Gasteiger partial charge in [-0.3, -0.25) is 4.79 Å². The first-order valence-electron chi connectivity index (χ1n) is 6.56. The van der Waals surface area contributed by atoms with Crippen LogP contribution in [0.3, 0.4) is 0 Å². The highest BCUT2D eigenvalue weighted by molar-refractivity contribution is 7.99. The highest BCUT2D eigenvalue weighted by atomic mass is 32.2. The van der Waals surface area contributed by atoms with E-state index < -0.39 is 0 Å². The molecule has 4 nitrogen and oxygen atoms in total. The first-order valence-corrected chi connectivity index (χ1v) is 7.71. The number of ether oxygens (including phenoxy) is 1. The Morgan fingerprint density at radius 2 is 2.05 bits per heavy atom. The van der Waals surface area contributed by atoms with Crippen molar-refractivity contribution in [2.24, 2.45) is 0 Å². The molecule has 0 radical (unpaired) electrons. The zero-order valence-electron chi connectivity index (χ0n) is 11.3. The van der Waals surface area contributed by atoms with Crippen LogP contribution in [0.1, 0.15) is 12.8 Å². The zero-order valence-corrected chi connectivity index (χ0v) is 12.1. The predicted molar refractivity (Wildman–Crippen MR) is 78.5 cm³/mol. The summed E-state index contributed by atoms with van der Waals surface area (Å²) in [5.74, 6) is 1.92. The molecule has 1 aromatic carbocycles. The van der Waals surface area contributed by atoms with Gasteiger partial charge in [0.15, 0.2) is 0 Å². The Bertz CT molecular complexity index is 387. The number of aliphatic hydroxyl groups excluding tert-OH is 1. The van der Waals surface area contributed by atoms with Crippen molar-refractivity contribution in [1.29, 1.82) is 0 Å². The van der Waals surface area contributed by atoms with Gasteiger partial charge in [-0.15, -0.1) is 0 Å². The number of carbonyl (C=O) groups excluding carboxylic acids is 1. The Kier molecular flexibility index (Phi) is 8.82. The second kappa shape index (κ2) is 10.5. The normalized spacial score (nSPS) is 10.3. The number of benzene rings is 1. The Balaban J connectivity index is 2.01. The number of hydrogen-bond donors (Lipinski definition) is 2. The van der Waals surface area contributed by atoms with Gasteiger partial charge in [0, 0.05) is 18.9 Å². The lowest BCUT2D eigenvalue weighted by atomic mass is 10.3. The average Bonchev–Trinajstić information content (AvgIpc) is 2.45.